The summed E-state index contributed by atoms with van der Waals surface area (Å²) in [7, 11) is 0. The number of hydrogen-bond acceptors (Lipinski definition) is 3. The number of carbonyl (C=O) groups excluding carboxylic acids is 1. The smallest absolute Gasteiger partial charge is 0.325 e. The van der Waals surface area contributed by atoms with Gasteiger partial charge in [0.2, 0.25) is 0 Å². The van der Waals surface area contributed by atoms with Crippen molar-refractivity contribution in [3.63, 3.8) is 0 Å². The van der Waals surface area contributed by atoms with Gasteiger partial charge in [-0.25, -0.2) is 4.79 Å². The van der Waals surface area contributed by atoms with E-state index in [1.165, 1.54) is 6.92 Å². The molecule has 1 heterocycles. The zero-order chi connectivity index (χ0) is 12.0. The second kappa shape index (κ2) is 6.12. The molecule has 1 rings (SSSR count). The Morgan fingerprint density at radius 2 is 2.31 bits per heavy atom. The zero-order valence-electron chi connectivity index (χ0n) is 8.90. The molecule has 0 spiro atoms. The summed E-state index contributed by atoms with van der Waals surface area (Å²) in [6, 6.07) is 0.663. The summed E-state index contributed by atoms with van der Waals surface area (Å²) >= 11 is 1.61. The van der Waals surface area contributed by atoms with Crippen LogP contribution in [0.4, 0.5) is 4.79 Å². The quantitative estimate of drug-likeness (QED) is 0.722. The van der Waals surface area contributed by atoms with E-state index in [0.717, 1.165) is 12.0 Å². The molecule has 1 atom stereocenters. The Morgan fingerprint density at radius 3 is 2.88 bits per heavy atom. The first kappa shape index (κ1) is 12.5. The second-order valence-corrected chi connectivity index (χ2v) is 4.12. The van der Waals surface area contributed by atoms with Crippen molar-refractivity contribution in [1.29, 1.82) is 0 Å². The monoisotopic (exact) mass is 242 g/mol. The number of carbonyl (C=O) groups is 2. The van der Waals surface area contributed by atoms with Crippen molar-refractivity contribution < 1.29 is 14.7 Å². The topological polar surface area (TPSA) is 78.4 Å². The Labute approximate surface area is 97.5 Å². The summed E-state index contributed by atoms with van der Waals surface area (Å²) in [5.41, 5.74) is 1.16. The second-order valence-electron chi connectivity index (χ2n) is 3.34. The predicted octanol–water partition coefficient (Wildman–Crippen LogP) is 1.06. The fraction of sp³-hybridized carbons (Fsp3) is 0.400. The molecule has 5 nitrogen and oxygen atoms in total. The minimum Gasteiger partial charge on any atom is -0.480 e. The lowest BCUT2D eigenvalue weighted by molar-refractivity contribution is -0.138. The molecule has 1 aromatic rings. The Balaban J connectivity index is 2.18. The number of rotatable bonds is 5. The van der Waals surface area contributed by atoms with Crippen LogP contribution in [0.5, 0.6) is 0 Å². The van der Waals surface area contributed by atoms with E-state index in [1.54, 1.807) is 11.3 Å². The van der Waals surface area contributed by atoms with Crippen molar-refractivity contribution in [2.75, 3.05) is 6.54 Å². The van der Waals surface area contributed by atoms with E-state index in [0.29, 0.717) is 6.54 Å². The van der Waals surface area contributed by atoms with Gasteiger partial charge in [-0.15, -0.1) is 0 Å². The van der Waals surface area contributed by atoms with Gasteiger partial charge in [-0.2, -0.15) is 11.3 Å². The number of nitrogens with one attached hydrogen (secondary N) is 2. The van der Waals surface area contributed by atoms with Crippen LogP contribution in [-0.2, 0) is 11.2 Å². The van der Waals surface area contributed by atoms with E-state index in [-0.39, 0.29) is 0 Å². The molecule has 0 fully saturated rings. The van der Waals surface area contributed by atoms with Gasteiger partial charge in [0, 0.05) is 6.54 Å². The molecule has 3 N–H and O–H groups in total. The fourth-order valence-corrected chi connectivity index (χ4v) is 1.77. The molecule has 0 radical (unpaired) electrons. The number of hydrogen-bond donors (Lipinski definition) is 3. The zero-order valence-corrected chi connectivity index (χ0v) is 9.71. The maximum atomic E-state index is 11.2. The van der Waals surface area contributed by atoms with Gasteiger partial charge in [0.15, 0.2) is 0 Å². The molecule has 1 aromatic heterocycles. The highest BCUT2D eigenvalue weighted by molar-refractivity contribution is 7.07. The SMILES string of the molecule is CC(NC(=O)NCCc1ccsc1)C(=O)O. The Kier molecular flexibility index (Phi) is 4.78. The van der Waals surface area contributed by atoms with Gasteiger partial charge in [-0.3, -0.25) is 4.79 Å². The van der Waals surface area contributed by atoms with E-state index in [9.17, 15) is 9.59 Å². The van der Waals surface area contributed by atoms with Gasteiger partial charge in [-0.05, 0) is 35.7 Å². The van der Waals surface area contributed by atoms with E-state index in [1.807, 2.05) is 16.8 Å². The van der Waals surface area contributed by atoms with Crippen LogP contribution in [-0.4, -0.2) is 29.7 Å². The molecule has 2 amide bonds. The first-order valence-electron chi connectivity index (χ1n) is 4.88. The van der Waals surface area contributed by atoms with Crippen molar-refractivity contribution >= 4 is 23.3 Å². The summed E-state index contributed by atoms with van der Waals surface area (Å²) in [5, 5.41) is 17.5. The van der Waals surface area contributed by atoms with E-state index < -0.39 is 18.0 Å². The first-order chi connectivity index (χ1) is 7.59. The first-order valence-corrected chi connectivity index (χ1v) is 5.82. The van der Waals surface area contributed by atoms with E-state index in [4.69, 9.17) is 5.11 Å². The number of urea groups is 1. The third-order valence-corrected chi connectivity index (χ3v) is 2.73. The number of carboxylic acid groups (broad SMARTS) is 1. The summed E-state index contributed by atoms with van der Waals surface area (Å²) in [6.45, 7) is 1.91. The number of amides is 2. The molecule has 0 saturated carbocycles. The Morgan fingerprint density at radius 1 is 1.56 bits per heavy atom. The van der Waals surface area contributed by atoms with Gasteiger partial charge in [-0.1, -0.05) is 0 Å². The van der Waals surface area contributed by atoms with Crippen molar-refractivity contribution in [1.82, 2.24) is 10.6 Å². The molecule has 16 heavy (non-hydrogen) atoms. The van der Waals surface area contributed by atoms with Crippen LogP contribution in [0.2, 0.25) is 0 Å². The predicted molar refractivity (Wildman–Crippen MR) is 61.7 cm³/mol. The Bertz CT molecular complexity index is 351. The van der Waals surface area contributed by atoms with E-state index >= 15 is 0 Å². The van der Waals surface area contributed by atoms with Crippen LogP contribution < -0.4 is 10.6 Å². The molecule has 88 valence electrons. The fourth-order valence-electron chi connectivity index (χ4n) is 1.06. The van der Waals surface area contributed by atoms with Crippen LogP contribution in [0.15, 0.2) is 16.8 Å². The third-order valence-electron chi connectivity index (χ3n) is 2.00. The number of aliphatic carboxylic acids is 1. The van der Waals surface area contributed by atoms with Gasteiger partial charge in [0.05, 0.1) is 0 Å². The Hall–Kier alpha value is -1.56. The molecule has 0 bridgehead atoms. The summed E-state index contributed by atoms with van der Waals surface area (Å²) in [5.74, 6) is -1.05. The van der Waals surface area contributed by atoms with Crippen molar-refractivity contribution in [3.8, 4) is 0 Å². The van der Waals surface area contributed by atoms with Crippen molar-refractivity contribution in [2.24, 2.45) is 0 Å². The lowest BCUT2D eigenvalue weighted by Crippen LogP contribution is -2.44. The average molecular weight is 242 g/mol. The molecule has 0 aliphatic rings. The molecular weight excluding hydrogens is 228 g/mol. The van der Waals surface area contributed by atoms with Crippen molar-refractivity contribution in [2.45, 2.75) is 19.4 Å². The largest absolute Gasteiger partial charge is 0.480 e. The minimum absolute atomic E-state index is 0.454. The van der Waals surface area contributed by atoms with E-state index in [2.05, 4.69) is 10.6 Å². The molecule has 0 saturated heterocycles. The summed E-state index contributed by atoms with van der Waals surface area (Å²) in [6.07, 6.45) is 0.748. The van der Waals surface area contributed by atoms with Crippen LogP contribution in [0, 0.1) is 0 Å². The van der Waals surface area contributed by atoms with Gasteiger partial charge < -0.3 is 15.7 Å². The van der Waals surface area contributed by atoms with Gasteiger partial charge in [0.25, 0.3) is 0 Å². The molecular formula is C10H14N2O3S. The highest BCUT2D eigenvalue weighted by Gasteiger charge is 2.12. The maximum absolute atomic E-state index is 11.2. The lowest BCUT2D eigenvalue weighted by Gasteiger charge is -2.10. The molecule has 0 aliphatic carbocycles. The third kappa shape index (κ3) is 4.31. The van der Waals surface area contributed by atoms with Crippen LogP contribution >= 0.6 is 11.3 Å². The average Bonchev–Trinajstić information content (AvgIpc) is 2.70. The number of thiophene rings is 1. The van der Waals surface area contributed by atoms with Crippen LogP contribution in [0.25, 0.3) is 0 Å². The molecule has 6 heteroatoms. The lowest BCUT2D eigenvalue weighted by atomic mass is 10.2. The normalized spacial score (nSPS) is 11.8. The van der Waals surface area contributed by atoms with Gasteiger partial charge >= 0.3 is 12.0 Å². The minimum atomic E-state index is -1.05. The molecule has 0 aromatic carbocycles. The van der Waals surface area contributed by atoms with Crippen LogP contribution in [0.1, 0.15) is 12.5 Å². The molecule has 1 unspecified atom stereocenters. The highest BCUT2D eigenvalue weighted by Crippen LogP contribution is 2.05. The standard InChI is InChI=1S/C10H14N2O3S/c1-7(9(13)14)12-10(15)11-4-2-8-3-5-16-6-8/h3,5-7H,2,4H2,1H3,(H,13,14)(H2,11,12,15). The van der Waals surface area contributed by atoms with Crippen molar-refractivity contribution in [3.05, 3.63) is 22.4 Å². The summed E-state index contributed by atoms with van der Waals surface area (Å²) in [4.78, 5) is 21.7. The molecule has 0 aliphatic heterocycles. The highest BCUT2D eigenvalue weighted by atomic mass is 32.1. The summed E-state index contributed by atoms with van der Waals surface area (Å²) < 4.78 is 0. The maximum Gasteiger partial charge on any atom is 0.325 e. The van der Waals surface area contributed by atoms with Crippen LogP contribution in [0.3, 0.4) is 0 Å². The number of carboxylic acids is 1. The van der Waals surface area contributed by atoms with Gasteiger partial charge in [0.1, 0.15) is 6.04 Å².